The largest absolute Gasteiger partial charge is 0.224 e. The fourth-order valence-electron chi connectivity index (χ4n) is 1.10. The molecule has 0 aromatic carbocycles. The van der Waals surface area contributed by atoms with E-state index in [2.05, 4.69) is 50.9 Å². The monoisotopic (exact) mass is 260 g/mol. The van der Waals surface area contributed by atoms with Crippen LogP contribution in [0.4, 0.5) is 0 Å². The van der Waals surface area contributed by atoms with Crippen LogP contribution in [0.5, 0.6) is 0 Å². The molecule has 4 heteroatoms. The Labute approximate surface area is 108 Å². The average molecular weight is 261 g/mol. The zero-order valence-corrected chi connectivity index (χ0v) is 12.5. The Morgan fingerprint density at radius 2 is 1.75 bits per heavy atom. The molecule has 0 amide bonds. The Morgan fingerprint density at radius 3 is 2.12 bits per heavy atom. The Balaban J connectivity index is 2.74. The third-order valence-corrected chi connectivity index (χ3v) is 3.97. The molecule has 0 bridgehead atoms. The molecule has 1 aromatic rings. The highest BCUT2D eigenvalue weighted by Crippen LogP contribution is 2.29. The third-order valence-electron chi connectivity index (χ3n) is 2.43. The molecule has 2 nitrogen and oxygen atoms in total. The molecular formula is C12H21ClN2S. The fraction of sp³-hybridized carbons (Fsp3) is 0.833. The molecule has 0 radical (unpaired) electrons. The number of aromatic nitrogens is 2. The molecule has 0 fully saturated rings. The number of hydrogen-bond donors (Lipinski definition) is 0. The molecule has 0 saturated carbocycles. The predicted molar refractivity (Wildman–Crippen MR) is 71.4 cm³/mol. The Bertz CT molecular complexity index is 347. The number of rotatable bonds is 2. The number of alkyl halides is 1. The Kier molecular flexibility index (Phi) is 4.01. The molecule has 1 heterocycles. The summed E-state index contributed by atoms with van der Waals surface area (Å²) in [6.45, 7) is 12.8. The van der Waals surface area contributed by atoms with Gasteiger partial charge in [-0.05, 0) is 16.9 Å². The molecule has 0 saturated heterocycles. The van der Waals surface area contributed by atoms with Crippen LogP contribution in [0.15, 0.2) is 0 Å². The SMILES string of the molecule is CC(C)(C)c1nsc(CC(Cl)C(C)(C)C)n1. The van der Waals surface area contributed by atoms with Crippen LogP contribution in [0.1, 0.15) is 52.4 Å². The summed E-state index contributed by atoms with van der Waals surface area (Å²) in [5.41, 5.74) is 0.132. The van der Waals surface area contributed by atoms with Crippen LogP contribution >= 0.6 is 23.1 Å². The summed E-state index contributed by atoms with van der Waals surface area (Å²) in [4.78, 5) is 4.56. The molecule has 0 aliphatic rings. The van der Waals surface area contributed by atoms with E-state index >= 15 is 0 Å². The zero-order chi connectivity index (χ0) is 12.6. The summed E-state index contributed by atoms with van der Waals surface area (Å²) in [6, 6.07) is 0. The van der Waals surface area contributed by atoms with Crippen molar-refractivity contribution in [1.29, 1.82) is 0 Å². The topological polar surface area (TPSA) is 25.8 Å². The normalized spacial score (nSPS) is 15.2. The van der Waals surface area contributed by atoms with E-state index in [1.54, 1.807) is 0 Å². The highest BCUT2D eigenvalue weighted by atomic mass is 35.5. The van der Waals surface area contributed by atoms with Gasteiger partial charge in [0, 0.05) is 17.2 Å². The molecule has 1 unspecified atom stereocenters. The van der Waals surface area contributed by atoms with Gasteiger partial charge in [-0.25, -0.2) is 4.98 Å². The first kappa shape index (κ1) is 13.9. The summed E-state index contributed by atoms with van der Waals surface area (Å²) < 4.78 is 4.39. The van der Waals surface area contributed by atoms with E-state index < -0.39 is 0 Å². The van der Waals surface area contributed by atoms with Crippen molar-refractivity contribution < 1.29 is 0 Å². The summed E-state index contributed by atoms with van der Waals surface area (Å²) in [6.07, 6.45) is 0.804. The second kappa shape index (κ2) is 4.61. The van der Waals surface area contributed by atoms with Crippen LogP contribution < -0.4 is 0 Å². The molecular weight excluding hydrogens is 240 g/mol. The smallest absolute Gasteiger partial charge is 0.147 e. The summed E-state index contributed by atoms with van der Waals surface area (Å²) in [5.74, 6) is 0.922. The first-order valence-corrected chi connectivity index (χ1v) is 6.79. The number of hydrogen-bond acceptors (Lipinski definition) is 3. The highest BCUT2D eigenvalue weighted by Gasteiger charge is 2.25. The second-order valence-electron chi connectivity index (χ2n) is 6.30. The summed E-state index contributed by atoms with van der Waals surface area (Å²) >= 11 is 7.83. The van der Waals surface area contributed by atoms with Gasteiger partial charge in [-0.15, -0.1) is 11.6 Å². The highest BCUT2D eigenvalue weighted by molar-refractivity contribution is 7.05. The van der Waals surface area contributed by atoms with Crippen molar-refractivity contribution in [1.82, 2.24) is 9.36 Å². The van der Waals surface area contributed by atoms with Crippen LogP contribution in [-0.4, -0.2) is 14.7 Å². The molecule has 0 aliphatic heterocycles. The molecule has 0 aliphatic carbocycles. The number of halogens is 1. The van der Waals surface area contributed by atoms with E-state index in [9.17, 15) is 0 Å². The van der Waals surface area contributed by atoms with E-state index in [4.69, 9.17) is 11.6 Å². The van der Waals surface area contributed by atoms with Crippen LogP contribution in [0.2, 0.25) is 0 Å². The predicted octanol–water partition coefficient (Wildman–Crippen LogP) is 4.03. The lowest BCUT2D eigenvalue weighted by molar-refractivity contribution is 0.386. The first-order chi connectivity index (χ1) is 7.10. The van der Waals surface area contributed by atoms with Gasteiger partial charge in [0.05, 0.1) is 0 Å². The van der Waals surface area contributed by atoms with Crippen molar-refractivity contribution in [3.63, 3.8) is 0 Å². The minimum atomic E-state index is 0.0261. The summed E-state index contributed by atoms with van der Waals surface area (Å²) in [7, 11) is 0. The van der Waals surface area contributed by atoms with Crippen molar-refractivity contribution in [3.8, 4) is 0 Å². The summed E-state index contributed by atoms with van der Waals surface area (Å²) in [5, 5.41) is 1.15. The molecule has 16 heavy (non-hydrogen) atoms. The van der Waals surface area contributed by atoms with Crippen LogP contribution in [0, 0.1) is 5.41 Å². The van der Waals surface area contributed by atoms with Crippen LogP contribution in [0.3, 0.4) is 0 Å². The van der Waals surface area contributed by atoms with Gasteiger partial charge in [-0.1, -0.05) is 41.5 Å². The minimum absolute atomic E-state index is 0.0261. The van der Waals surface area contributed by atoms with Gasteiger partial charge in [0.1, 0.15) is 10.8 Å². The van der Waals surface area contributed by atoms with Crippen molar-refractivity contribution in [2.75, 3.05) is 0 Å². The quantitative estimate of drug-likeness (QED) is 0.751. The van der Waals surface area contributed by atoms with Crippen molar-refractivity contribution in [3.05, 3.63) is 10.8 Å². The lowest BCUT2D eigenvalue weighted by Gasteiger charge is -2.23. The molecule has 1 rings (SSSR count). The maximum atomic E-state index is 6.35. The van der Waals surface area contributed by atoms with E-state index in [0.717, 1.165) is 17.3 Å². The van der Waals surface area contributed by atoms with Crippen molar-refractivity contribution in [2.45, 2.75) is 58.8 Å². The molecule has 0 N–H and O–H groups in total. The van der Waals surface area contributed by atoms with Crippen LogP contribution in [0.25, 0.3) is 0 Å². The second-order valence-corrected chi connectivity index (χ2v) is 7.66. The van der Waals surface area contributed by atoms with Gasteiger partial charge in [0.25, 0.3) is 0 Å². The molecule has 0 spiro atoms. The lowest BCUT2D eigenvalue weighted by atomic mass is 9.90. The average Bonchev–Trinajstić information content (AvgIpc) is 2.49. The van der Waals surface area contributed by atoms with Gasteiger partial charge in [-0.3, -0.25) is 0 Å². The fourth-order valence-corrected chi connectivity index (χ4v) is 2.21. The van der Waals surface area contributed by atoms with Gasteiger partial charge in [0.2, 0.25) is 0 Å². The van der Waals surface area contributed by atoms with Crippen molar-refractivity contribution in [2.24, 2.45) is 5.41 Å². The first-order valence-electron chi connectivity index (χ1n) is 5.58. The van der Waals surface area contributed by atoms with Gasteiger partial charge < -0.3 is 0 Å². The molecule has 1 aromatic heterocycles. The zero-order valence-electron chi connectivity index (χ0n) is 11.0. The van der Waals surface area contributed by atoms with Gasteiger partial charge in [-0.2, -0.15) is 4.37 Å². The van der Waals surface area contributed by atoms with Gasteiger partial charge >= 0.3 is 0 Å². The van der Waals surface area contributed by atoms with E-state index in [1.165, 1.54) is 11.5 Å². The molecule has 1 atom stereocenters. The Hall–Kier alpha value is -0.150. The number of nitrogens with zero attached hydrogens (tertiary/aromatic N) is 2. The van der Waals surface area contributed by atoms with Gasteiger partial charge in [0.15, 0.2) is 0 Å². The standard InChI is InChI=1S/C12H21ClN2S/c1-11(2,3)8(13)7-9-14-10(15-16-9)12(4,5)6/h8H,7H2,1-6H3. The maximum absolute atomic E-state index is 6.35. The maximum Gasteiger partial charge on any atom is 0.147 e. The lowest BCUT2D eigenvalue weighted by Crippen LogP contribution is -2.23. The molecule has 92 valence electrons. The van der Waals surface area contributed by atoms with E-state index in [0.29, 0.717) is 0 Å². The minimum Gasteiger partial charge on any atom is -0.224 e. The third kappa shape index (κ3) is 3.70. The van der Waals surface area contributed by atoms with E-state index in [1.807, 2.05) is 0 Å². The van der Waals surface area contributed by atoms with E-state index in [-0.39, 0.29) is 16.2 Å². The van der Waals surface area contributed by atoms with Crippen LogP contribution in [-0.2, 0) is 11.8 Å². The van der Waals surface area contributed by atoms with Crippen molar-refractivity contribution >= 4 is 23.1 Å². The Morgan fingerprint density at radius 1 is 1.19 bits per heavy atom.